The maximum atomic E-state index is 10.7. The highest BCUT2D eigenvalue weighted by Crippen LogP contribution is 2.09. The molecule has 0 saturated carbocycles. The maximum absolute atomic E-state index is 10.7. The van der Waals surface area contributed by atoms with E-state index in [0.29, 0.717) is 0 Å². The summed E-state index contributed by atoms with van der Waals surface area (Å²) in [5.74, 6) is -0.794. The summed E-state index contributed by atoms with van der Waals surface area (Å²) in [5, 5.41) is 17.3. The second-order valence-corrected chi connectivity index (χ2v) is 2.19. The van der Waals surface area contributed by atoms with E-state index in [4.69, 9.17) is 10.2 Å². The van der Waals surface area contributed by atoms with Crippen molar-refractivity contribution in [1.29, 1.82) is 0 Å². The molecule has 10 heavy (non-hydrogen) atoms. The molecule has 0 saturated heterocycles. The van der Waals surface area contributed by atoms with E-state index >= 15 is 0 Å². The van der Waals surface area contributed by atoms with Crippen LogP contribution in [0.2, 0.25) is 0 Å². The van der Waals surface area contributed by atoms with Gasteiger partial charge >= 0.3 is 5.97 Å². The van der Waals surface area contributed by atoms with Gasteiger partial charge in [0.05, 0.1) is 0 Å². The zero-order chi connectivity index (χ0) is 8.20. The van der Waals surface area contributed by atoms with Crippen molar-refractivity contribution in [2.75, 3.05) is 6.79 Å². The number of aliphatic hydroxyl groups excluding tert-OH is 1. The van der Waals surface area contributed by atoms with Crippen molar-refractivity contribution in [3.63, 3.8) is 0 Å². The minimum Gasteiger partial charge on any atom is -0.437 e. The van der Waals surface area contributed by atoms with Crippen LogP contribution >= 0.6 is 0 Å². The van der Waals surface area contributed by atoms with Gasteiger partial charge in [0.1, 0.15) is 0 Å². The van der Waals surface area contributed by atoms with Crippen LogP contribution < -0.4 is 0 Å². The van der Waals surface area contributed by atoms with Crippen molar-refractivity contribution in [3.8, 4) is 0 Å². The standard InChI is InChI=1S/C6H12O4/c1-3-6(2,9)5(8)10-4-7/h7,9H,3-4H2,1-2H3. The van der Waals surface area contributed by atoms with Crippen LogP contribution in [0.5, 0.6) is 0 Å². The number of carbonyl (C=O) groups excluding carboxylic acids is 1. The molecule has 0 heterocycles. The molecule has 4 heteroatoms. The average Bonchev–Trinajstić information content (AvgIpc) is 1.89. The summed E-state index contributed by atoms with van der Waals surface area (Å²) in [4.78, 5) is 10.7. The van der Waals surface area contributed by atoms with E-state index in [1.54, 1.807) is 6.92 Å². The smallest absolute Gasteiger partial charge is 0.339 e. The molecule has 0 aliphatic rings. The van der Waals surface area contributed by atoms with E-state index in [1.165, 1.54) is 6.92 Å². The third kappa shape index (κ3) is 2.33. The molecule has 0 bridgehead atoms. The Labute approximate surface area is 59.4 Å². The SMILES string of the molecule is CCC(C)(O)C(=O)OCO. The van der Waals surface area contributed by atoms with Crippen LogP contribution in [-0.2, 0) is 9.53 Å². The summed E-state index contributed by atoms with van der Waals surface area (Å²) in [6.45, 7) is 2.30. The van der Waals surface area contributed by atoms with E-state index < -0.39 is 18.4 Å². The average molecular weight is 148 g/mol. The topological polar surface area (TPSA) is 66.8 Å². The monoisotopic (exact) mass is 148 g/mol. The summed E-state index contributed by atoms with van der Waals surface area (Å²) >= 11 is 0. The minimum atomic E-state index is -1.47. The highest BCUT2D eigenvalue weighted by Gasteiger charge is 2.29. The van der Waals surface area contributed by atoms with Crippen LogP contribution in [-0.4, -0.2) is 28.6 Å². The quantitative estimate of drug-likeness (QED) is 0.423. The van der Waals surface area contributed by atoms with Crippen molar-refractivity contribution in [1.82, 2.24) is 0 Å². The van der Waals surface area contributed by atoms with Gasteiger partial charge in [-0.05, 0) is 13.3 Å². The predicted molar refractivity (Wildman–Crippen MR) is 34.1 cm³/mol. The summed E-state index contributed by atoms with van der Waals surface area (Å²) < 4.78 is 4.16. The number of ether oxygens (including phenoxy) is 1. The molecule has 0 fully saturated rings. The molecule has 0 rings (SSSR count). The van der Waals surface area contributed by atoms with Gasteiger partial charge in [-0.1, -0.05) is 6.92 Å². The summed E-state index contributed by atoms with van der Waals surface area (Å²) in [6.07, 6.45) is 0.270. The van der Waals surface area contributed by atoms with Crippen LogP contribution in [0.15, 0.2) is 0 Å². The number of esters is 1. The zero-order valence-electron chi connectivity index (χ0n) is 6.13. The fourth-order valence-electron chi connectivity index (χ4n) is 0.358. The van der Waals surface area contributed by atoms with E-state index in [2.05, 4.69) is 4.74 Å². The lowest BCUT2D eigenvalue weighted by atomic mass is 10.1. The van der Waals surface area contributed by atoms with Crippen LogP contribution in [0.25, 0.3) is 0 Å². The molecule has 1 unspecified atom stereocenters. The first-order valence-electron chi connectivity index (χ1n) is 3.05. The Morgan fingerprint density at radius 2 is 2.20 bits per heavy atom. The lowest BCUT2D eigenvalue weighted by Gasteiger charge is -2.17. The van der Waals surface area contributed by atoms with Gasteiger partial charge in [0.25, 0.3) is 0 Å². The molecule has 0 aliphatic carbocycles. The Bertz CT molecular complexity index is 119. The van der Waals surface area contributed by atoms with Crippen LogP contribution in [0.3, 0.4) is 0 Å². The Balaban J connectivity index is 3.91. The molecule has 1 atom stereocenters. The molecule has 4 nitrogen and oxygen atoms in total. The van der Waals surface area contributed by atoms with E-state index in [9.17, 15) is 4.79 Å². The minimum absolute atomic E-state index is 0.270. The van der Waals surface area contributed by atoms with Crippen LogP contribution in [0, 0.1) is 0 Å². The van der Waals surface area contributed by atoms with Crippen molar-refractivity contribution in [2.45, 2.75) is 25.9 Å². The Morgan fingerprint density at radius 1 is 1.70 bits per heavy atom. The molecule has 0 amide bonds. The van der Waals surface area contributed by atoms with Gasteiger partial charge in [0, 0.05) is 0 Å². The predicted octanol–water partition coefficient (Wildman–Crippen LogP) is -0.360. The van der Waals surface area contributed by atoms with Crippen molar-refractivity contribution in [2.24, 2.45) is 0 Å². The third-order valence-corrected chi connectivity index (χ3v) is 1.32. The normalized spacial score (nSPS) is 16.0. The fourth-order valence-corrected chi connectivity index (χ4v) is 0.358. The molecule has 60 valence electrons. The second kappa shape index (κ2) is 3.53. The molecular weight excluding hydrogens is 136 g/mol. The summed E-state index contributed by atoms with van der Waals surface area (Å²) in [7, 11) is 0. The highest BCUT2D eigenvalue weighted by molar-refractivity contribution is 5.78. The number of hydrogen-bond acceptors (Lipinski definition) is 4. The van der Waals surface area contributed by atoms with Crippen molar-refractivity contribution >= 4 is 5.97 Å². The maximum Gasteiger partial charge on any atom is 0.339 e. The molecule has 0 aromatic rings. The fraction of sp³-hybridized carbons (Fsp3) is 0.833. The lowest BCUT2D eigenvalue weighted by Crippen LogP contribution is -2.36. The molecule has 0 spiro atoms. The molecular formula is C6H12O4. The van der Waals surface area contributed by atoms with E-state index in [-0.39, 0.29) is 6.42 Å². The number of carbonyl (C=O) groups is 1. The van der Waals surface area contributed by atoms with Crippen LogP contribution in [0.1, 0.15) is 20.3 Å². The van der Waals surface area contributed by atoms with Gasteiger partial charge in [-0.3, -0.25) is 0 Å². The Morgan fingerprint density at radius 3 is 2.50 bits per heavy atom. The number of hydrogen-bond donors (Lipinski definition) is 2. The number of rotatable bonds is 3. The zero-order valence-corrected chi connectivity index (χ0v) is 6.13. The second-order valence-electron chi connectivity index (χ2n) is 2.19. The van der Waals surface area contributed by atoms with Gasteiger partial charge in [0.15, 0.2) is 12.4 Å². The van der Waals surface area contributed by atoms with Gasteiger partial charge in [-0.25, -0.2) is 4.79 Å². The summed E-state index contributed by atoms with van der Waals surface area (Å²) in [5.41, 5.74) is -1.47. The Hall–Kier alpha value is -0.610. The number of aliphatic hydroxyl groups is 2. The first kappa shape index (κ1) is 9.39. The highest BCUT2D eigenvalue weighted by atomic mass is 16.6. The van der Waals surface area contributed by atoms with Gasteiger partial charge in [-0.15, -0.1) is 0 Å². The van der Waals surface area contributed by atoms with Crippen LogP contribution in [0.4, 0.5) is 0 Å². The summed E-state index contributed by atoms with van der Waals surface area (Å²) in [6, 6.07) is 0. The van der Waals surface area contributed by atoms with Crippen molar-refractivity contribution < 1.29 is 19.7 Å². The van der Waals surface area contributed by atoms with Gasteiger partial charge in [-0.2, -0.15) is 0 Å². The van der Waals surface area contributed by atoms with Gasteiger partial charge < -0.3 is 14.9 Å². The van der Waals surface area contributed by atoms with Crippen molar-refractivity contribution in [3.05, 3.63) is 0 Å². The molecule has 2 N–H and O–H groups in total. The first-order chi connectivity index (χ1) is 4.54. The van der Waals surface area contributed by atoms with E-state index in [0.717, 1.165) is 0 Å². The molecule has 0 aromatic heterocycles. The first-order valence-corrected chi connectivity index (χ1v) is 3.05. The lowest BCUT2D eigenvalue weighted by molar-refractivity contribution is -0.172. The van der Waals surface area contributed by atoms with Gasteiger partial charge in [0.2, 0.25) is 0 Å². The molecule has 0 radical (unpaired) electrons. The third-order valence-electron chi connectivity index (χ3n) is 1.32. The van der Waals surface area contributed by atoms with E-state index in [1.807, 2.05) is 0 Å². The molecule has 0 aromatic carbocycles. The largest absolute Gasteiger partial charge is 0.437 e. The molecule has 0 aliphatic heterocycles. The Kier molecular flexibility index (Phi) is 3.32.